The van der Waals surface area contributed by atoms with E-state index in [1.807, 2.05) is 38.1 Å². The molecule has 0 unspecified atom stereocenters. The fourth-order valence-electron chi connectivity index (χ4n) is 2.78. The highest BCUT2D eigenvalue weighted by Gasteiger charge is 2.22. The highest BCUT2D eigenvalue weighted by Crippen LogP contribution is 2.29. The molecule has 0 bridgehead atoms. The molecule has 0 radical (unpaired) electrons. The Morgan fingerprint density at radius 3 is 2.46 bits per heavy atom. The highest BCUT2D eigenvalue weighted by atomic mass is 16.5. The fourth-order valence-corrected chi connectivity index (χ4v) is 2.78. The molecule has 0 aliphatic heterocycles. The van der Waals surface area contributed by atoms with E-state index in [4.69, 9.17) is 9.47 Å². The maximum absolute atomic E-state index is 12.0. The standard InChI is InChI=1S/C22H28O4/c1-17(23)25-15-22(2,3)16-26-21(24)13-12-18-8-7-11-20(14-18)19-9-5-4-6-10-19/h4-6,9-10,12,14H,7-8,11,13,15-16H2,1-3H3/b18-12+. The van der Waals surface area contributed by atoms with Gasteiger partial charge in [0.1, 0.15) is 0 Å². The summed E-state index contributed by atoms with van der Waals surface area (Å²) in [6.45, 7) is 5.64. The van der Waals surface area contributed by atoms with E-state index in [-0.39, 0.29) is 37.0 Å². The lowest BCUT2D eigenvalue weighted by Gasteiger charge is -2.23. The molecule has 0 atom stereocenters. The molecular formula is C22H28O4. The van der Waals surface area contributed by atoms with Crippen molar-refractivity contribution in [2.24, 2.45) is 5.41 Å². The van der Waals surface area contributed by atoms with Crippen LogP contribution in [0.2, 0.25) is 0 Å². The van der Waals surface area contributed by atoms with E-state index < -0.39 is 0 Å². The Hall–Kier alpha value is -2.36. The van der Waals surface area contributed by atoms with Crippen molar-refractivity contribution in [3.63, 3.8) is 0 Å². The van der Waals surface area contributed by atoms with Crippen molar-refractivity contribution in [2.45, 2.75) is 46.5 Å². The largest absolute Gasteiger partial charge is 0.465 e. The summed E-state index contributed by atoms with van der Waals surface area (Å²) in [5.74, 6) is -0.582. The number of ether oxygens (including phenoxy) is 2. The molecular weight excluding hydrogens is 328 g/mol. The number of esters is 2. The van der Waals surface area contributed by atoms with Crippen LogP contribution in [-0.4, -0.2) is 25.2 Å². The maximum Gasteiger partial charge on any atom is 0.309 e. The third-order valence-corrected chi connectivity index (χ3v) is 4.24. The Labute approximate surface area is 155 Å². The number of rotatable bonds is 7. The fraction of sp³-hybridized carbons (Fsp3) is 0.455. The Morgan fingerprint density at radius 2 is 1.77 bits per heavy atom. The molecule has 0 fully saturated rings. The second-order valence-corrected chi connectivity index (χ2v) is 7.48. The van der Waals surface area contributed by atoms with Crippen LogP contribution in [0.4, 0.5) is 0 Å². The van der Waals surface area contributed by atoms with E-state index in [1.54, 1.807) is 0 Å². The van der Waals surface area contributed by atoms with Crippen LogP contribution < -0.4 is 0 Å². The third kappa shape index (κ3) is 6.87. The summed E-state index contributed by atoms with van der Waals surface area (Å²) < 4.78 is 10.3. The van der Waals surface area contributed by atoms with Crippen molar-refractivity contribution in [2.75, 3.05) is 13.2 Å². The van der Waals surface area contributed by atoms with Crippen molar-refractivity contribution >= 4 is 17.5 Å². The molecule has 0 saturated heterocycles. The van der Waals surface area contributed by atoms with E-state index in [0.29, 0.717) is 0 Å². The van der Waals surface area contributed by atoms with Crippen LogP contribution >= 0.6 is 0 Å². The topological polar surface area (TPSA) is 52.6 Å². The zero-order chi connectivity index (χ0) is 19.0. The molecule has 0 spiro atoms. The summed E-state index contributed by atoms with van der Waals surface area (Å²) in [5.41, 5.74) is 3.36. The van der Waals surface area contributed by atoms with Crippen molar-refractivity contribution in [3.8, 4) is 0 Å². The molecule has 4 heteroatoms. The van der Waals surface area contributed by atoms with Crippen LogP contribution in [0, 0.1) is 5.41 Å². The molecule has 1 aliphatic carbocycles. The number of benzene rings is 1. The Kier molecular flexibility index (Phi) is 7.19. The Bertz CT molecular complexity index is 683. The lowest BCUT2D eigenvalue weighted by atomic mass is 9.90. The first-order chi connectivity index (χ1) is 12.4. The van der Waals surface area contributed by atoms with E-state index in [1.165, 1.54) is 23.6 Å². The Balaban J connectivity index is 1.86. The number of carbonyl (C=O) groups excluding carboxylic acids is 2. The first-order valence-electron chi connectivity index (χ1n) is 9.10. The minimum atomic E-state index is -0.389. The molecule has 0 amide bonds. The van der Waals surface area contributed by atoms with Gasteiger partial charge in [0.05, 0.1) is 19.6 Å². The molecule has 1 aromatic carbocycles. The van der Waals surface area contributed by atoms with Gasteiger partial charge in [0.15, 0.2) is 0 Å². The van der Waals surface area contributed by atoms with Crippen molar-refractivity contribution < 1.29 is 19.1 Å². The second kappa shape index (κ2) is 9.37. The maximum atomic E-state index is 12.0. The van der Waals surface area contributed by atoms with E-state index in [9.17, 15) is 9.59 Å². The lowest BCUT2D eigenvalue weighted by Crippen LogP contribution is -2.28. The van der Waals surface area contributed by atoms with Crippen LogP contribution in [0.3, 0.4) is 0 Å². The van der Waals surface area contributed by atoms with Crippen LogP contribution in [0.25, 0.3) is 5.57 Å². The van der Waals surface area contributed by atoms with E-state index >= 15 is 0 Å². The number of carbonyl (C=O) groups is 2. The zero-order valence-electron chi connectivity index (χ0n) is 15.9. The lowest BCUT2D eigenvalue weighted by molar-refractivity contribution is -0.150. The van der Waals surface area contributed by atoms with E-state index in [0.717, 1.165) is 19.3 Å². The Morgan fingerprint density at radius 1 is 1.08 bits per heavy atom. The van der Waals surface area contributed by atoms with Gasteiger partial charge in [0, 0.05) is 12.3 Å². The molecule has 0 heterocycles. The summed E-state index contributed by atoms with van der Waals surface area (Å²) in [7, 11) is 0. The number of hydrogen-bond donors (Lipinski definition) is 0. The van der Waals surface area contributed by atoms with Crippen LogP contribution in [-0.2, 0) is 19.1 Å². The molecule has 26 heavy (non-hydrogen) atoms. The van der Waals surface area contributed by atoms with Gasteiger partial charge >= 0.3 is 11.9 Å². The first kappa shape index (κ1) is 20.0. The van der Waals surface area contributed by atoms with Gasteiger partial charge in [-0.3, -0.25) is 9.59 Å². The van der Waals surface area contributed by atoms with Gasteiger partial charge in [0.25, 0.3) is 0 Å². The highest BCUT2D eigenvalue weighted by molar-refractivity contribution is 5.73. The van der Waals surface area contributed by atoms with Crippen molar-refractivity contribution in [1.29, 1.82) is 0 Å². The second-order valence-electron chi connectivity index (χ2n) is 7.48. The van der Waals surface area contributed by atoms with Crippen LogP contribution in [0.1, 0.15) is 52.0 Å². The smallest absolute Gasteiger partial charge is 0.309 e. The molecule has 1 aromatic rings. The average molecular weight is 356 g/mol. The quantitative estimate of drug-likeness (QED) is 0.664. The molecule has 4 nitrogen and oxygen atoms in total. The molecule has 0 N–H and O–H groups in total. The summed E-state index contributed by atoms with van der Waals surface area (Å²) in [5, 5.41) is 0. The van der Waals surface area contributed by atoms with Gasteiger partial charge in [-0.15, -0.1) is 0 Å². The van der Waals surface area contributed by atoms with Gasteiger partial charge in [-0.05, 0) is 30.4 Å². The summed E-state index contributed by atoms with van der Waals surface area (Å²) in [4.78, 5) is 22.9. The predicted molar refractivity (Wildman–Crippen MR) is 102 cm³/mol. The molecule has 0 saturated carbocycles. The summed E-state index contributed by atoms with van der Waals surface area (Å²) in [6, 6.07) is 10.3. The van der Waals surface area contributed by atoms with E-state index in [2.05, 4.69) is 18.2 Å². The third-order valence-electron chi connectivity index (χ3n) is 4.24. The zero-order valence-corrected chi connectivity index (χ0v) is 15.9. The monoisotopic (exact) mass is 356 g/mol. The van der Waals surface area contributed by atoms with Gasteiger partial charge in [-0.25, -0.2) is 0 Å². The predicted octanol–water partition coefficient (Wildman–Crippen LogP) is 4.70. The number of allylic oxidation sites excluding steroid dienone is 3. The van der Waals surface area contributed by atoms with Gasteiger partial charge in [0.2, 0.25) is 0 Å². The average Bonchev–Trinajstić information content (AvgIpc) is 2.64. The summed E-state index contributed by atoms with van der Waals surface area (Å²) in [6.07, 6.45) is 7.56. The molecule has 0 aromatic heterocycles. The molecule has 2 rings (SSSR count). The van der Waals surface area contributed by atoms with Gasteiger partial charge in [-0.2, -0.15) is 0 Å². The van der Waals surface area contributed by atoms with Crippen molar-refractivity contribution in [3.05, 3.63) is 53.6 Å². The van der Waals surface area contributed by atoms with Gasteiger partial charge < -0.3 is 9.47 Å². The first-order valence-corrected chi connectivity index (χ1v) is 9.10. The molecule has 140 valence electrons. The minimum Gasteiger partial charge on any atom is -0.465 e. The molecule has 1 aliphatic rings. The van der Waals surface area contributed by atoms with Crippen LogP contribution in [0.15, 0.2) is 48.1 Å². The van der Waals surface area contributed by atoms with Gasteiger partial charge in [-0.1, -0.05) is 61.9 Å². The summed E-state index contributed by atoms with van der Waals surface area (Å²) >= 11 is 0. The minimum absolute atomic E-state index is 0.230. The SMILES string of the molecule is CC(=O)OCC(C)(C)COC(=O)C/C=C1/C=C(c2ccccc2)CCC1. The van der Waals surface area contributed by atoms with Crippen molar-refractivity contribution in [1.82, 2.24) is 0 Å². The normalized spacial score (nSPS) is 16.1. The van der Waals surface area contributed by atoms with Crippen LogP contribution in [0.5, 0.6) is 0 Å². The number of hydrogen-bond acceptors (Lipinski definition) is 4.